The van der Waals surface area contributed by atoms with Gasteiger partial charge in [-0.05, 0) is 25.8 Å². The molecular formula is C16H25N5O. The number of carbonyl (C=O) groups is 1. The molecule has 1 amide bonds. The second-order valence-electron chi connectivity index (χ2n) is 6.54. The van der Waals surface area contributed by atoms with E-state index in [4.69, 9.17) is 0 Å². The molecule has 0 aromatic carbocycles. The summed E-state index contributed by atoms with van der Waals surface area (Å²) in [4.78, 5) is 27.7. The molecule has 0 N–H and O–H groups in total. The lowest BCUT2D eigenvalue weighted by Crippen LogP contribution is -2.45. The van der Waals surface area contributed by atoms with Gasteiger partial charge < -0.3 is 14.7 Å². The van der Waals surface area contributed by atoms with Crippen LogP contribution in [0.2, 0.25) is 0 Å². The molecule has 3 rings (SSSR count). The molecule has 0 radical (unpaired) electrons. The zero-order chi connectivity index (χ0) is 15.5. The quantitative estimate of drug-likeness (QED) is 0.819. The second kappa shape index (κ2) is 6.60. The molecule has 0 bridgehead atoms. The molecule has 3 heterocycles. The highest BCUT2D eigenvalue weighted by Crippen LogP contribution is 2.18. The van der Waals surface area contributed by atoms with E-state index in [1.807, 2.05) is 4.90 Å². The van der Waals surface area contributed by atoms with Gasteiger partial charge in [0.25, 0.3) is 5.91 Å². The molecule has 2 aliphatic heterocycles. The standard InChI is InChI=1S/C16H25N5O/c1-13-3-5-20(6-4-13)15(22)14-11-17-16(18-12-14)21-9-7-19(2)8-10-21/h11-13H,3-10H2,1-2H3. The fourth-order valence-electron chi connectivity index (χ4n) is 3.00. The molecule has 1 aromatic rings. The SMILES string of the molecule is CC1CCN(C(=O)c2cnc(N3CCN(C)CC3)nc2)CC1. The minimum Gasteiger partial charge on any atom is -0.339 e. The minimum atomic E-state index is 0.0665. The summed E-state index contributed by atoms with van der Waals surface area (Å²) >= 11 is 0. The predicted molar refractivity (Wildman–Crippen MR) is 86.0 cm³/mol. The summed E-state index contributed by atoms with van der Waals surface area (Å²) in [5, 5.41) is 0. The minimum absolute atomic E-state index is 0.0665. The second-order valence-corrected chi connectivity index (χ2v) is 6.54. The molecule has 6 heteroatoms. The fraction of sp³-hybridized carbons (Fsp3) is 0.688. The van der Waals surface area contributed by atoms with Gasteiger partial charge in [-0.25, -0.2) is 9.97 Å². The average molecular weight is 303 g/mol. The van der Waals surface area contributed by atoms with Crippen molar-refractivity contribution in [3.05, 3.63) is 18.0 Å². The number of amides is 1. The maximum atomic E-state index is 12.5. The van der Waals surface area contributed by atoms with Gasteiger partial charge in [-0.1, -0.05) is 6.92 Å². The van der Waals surface area contributed by atoms with Crippen LogP contribution in [-0.4, -0.2) is 72.0 Å². The largest absolute Gasteiger partial charge is 0.339 e. The smallest absolute Gasteiger partial charge is 0.256 e. The highest BCUT2D eigenvalue weighted by atomic mass is 16.2. The molecule has 6 nitrogen and oxygen atoms in total. The summed E-state index contributed by atoms with van der Waals surface area (Å²) < 4.78 is 0. The first-order valence-electron chi connectivity index (χ1n) is 8.18. The summed E-state index contributed by atoms with van der Waals surface area (Å²) in [6.07, 6.45) is 5.54. The van der Waals surface area contributed by atoms with Crippen LogP contribution in [0.25, 0.3) is 0 Å². The van der Waals surface area contributed by atoms with E-state index >= 15 is 0 Å². The number of rotatable bonds is 2. The third kappa shape index (κ3) is 3.38. The number of carbonyl (C=O) groups excluding carboxylic acids is 1. The zero-order valence-electron chi connectivity index (χ0n) is 13.5. The van der Waals surface area contributed by atoms with Crippen LogP contribution in [0.1, 0.15) is 30.1 Å². The average Bonchev–Trinajstić information content (AvgIpc) is 2.56. The molecule has 2 saturated heterocycles. The van der Waals surface area contributed by atoms with E-state index in [1.165, 1.54) is 0 Å². The third-order valence-electron chi connectivity index (χ3n) is 4.74. The lowest BCUT2D eigenvalue weighted by atomic mass is 9.99. The molecular weight excluding hydrogens is 278 g/mol. The maximum Gasteiger partial charge on any atom is 0.256 e. The van der Waals surface area contributed by atoms with Crippen molar-refractivity contribution in [2.75, 3.05) is 51.2 Å². The van der Waals surface area contributed by atoms with Crippen LogP contribution in [0.15, 0.2) is 12.4 Å². The molecule has 0 spiro atoms. The van der Waals surface area contributed by atoms with E-state index in [-0.39, 0.29) is 5.91 Å². The van der Waals surface area contributed by atoms with Crippen molar-refractivity contribution in [3.63, 3.8) is 0 Å². The fourth-order valence-corrected chi connectivity index (χ4v) is 3.00. The Morgan fingerprint density at radius 2 is 1.64 bits per heavy atom. The number of piperazine rings is 1. The number of piperidine rings is 1. The summed E-state index contributed by atoms with van der Waals surface area (Å²) in [6, 6.07) is 0. The normalized spacial score (nSPS) is 21.2. The Balaban J connectivity index is 1.62. The van der Waals surface area contributed by atoms with Gasteiger partial charge in [0, 0.05) is 51.7 Å². The number of anilines is 1. The van der Waals surface area contributed by atoms with Crippen LogP contribution in [0, 0.1) is 5.92 Å². The number of hydrogen-bond acceptors (Lipinski definition) is 5. The van der Waals surface area contributed by atoms with Crippen LogP contribution in [0.3, 0.4) is 0 Å². The molecule has 0 saturated carbocycles. The van der Waals surface area contributed by atoms with Gasteiger partial charge in [0.15, 0.2) is 0 Å². The summed E-state index contributed by atoms with van der Waals surface area (Å²) in [6.45, 7) is 7.86. The Labute approximate surface area is 132 Å². The van der Waals surface area contributed by atoms with Crippen LogP contribution in [0.4, 0.5) is 5.95 Å². The Kier molecular flexibility index (Phi) is 4.57. The molecule has 22 heavy (non-hydrogen) atoms. The van der Waals surface area contributed by atoms with Gasteiger partial charge in [0.2, 0.25) is 5.95 Å². The maximum absolute atomic E-state index is 12.5. The van der Waals surface area contributed by atoms with Gasteiger partial charge in [0.05, 0.1) is 5.56 Å². The predicted octanol–water partition coefficient (Wildman–Crippen LogP) is 1.10. The molecule has 120 valence electrons. The first kappa shape index (κ1) is 15.2. The molecule has 0 atom stereocenters. The number of hydrogen-bond donors (Lipinski definition) is 0. The van der Waals surface area contributed by atoms with Crippen molar-refractivity contribution in [1.82, 2.24) is 19.8 Å². The highest BCUT2D eigenvalue weighted by molar-refractivity contribution is 5.93. The molecule has 2 fully saturated rings. The van der Waals surface area contributed by atoms with E-state index < -0.39 is 0 Å². The van der Waals surface area contributed by atoms with Crippen LogP contribution in [-0.2, 0) is 0 Å². The Morgan fingerprint density at radius 1 is 1.05 bits per heavy atom. The summed E-state index contributed by atoms with van der Waals surface area (Å²) in [5.74, 6) is 1.52. The van der Waals surface area contributed by atoms with E-state index in [0.717, 1.165) is 64.0 Å². The van der Waals surface area contributed by atoms with E-state index in [1.54, 1.807) is 12.4 Å². The first-order chi connectivity index (χ1) is 10.6. The highest BCUT2D eigenvalue weighted by Gasteiger charge is 2.22. The number of nitrogens with zero attached hydrogens (tertiary/aromatic N) is 5. The number of likely N-dealkylation sites (tertiary alicyclic amines) is 1. The van der Waals surface area contributed by atoms with Gasteiger partial charge in [-0.2, -0.15) is 0 Å². The third-order valence-corrected chi connectivity index (χ3v) is 4.74. The van der Waals surface area contributed by atoms with Gasteiger partial charge >= 0.3 is 0 Å². The molecule has 0 aliphatic carbocycles. The van der Waals surface area contributed by atoms with Crippen molar-refractivity contribution in [3.8, 4) is 0 Å². The Morgan fingerprint density at radius 3 is 2.23 bits per heavy atom. The van der Waals surface area contributed by atoms with Crippen molar-refractivity contribution >= 4 is 11.9 Å². The zero-order valence-corrected chi connectivity index (χ0v) is 13.5. The molecule has 1 aromatic heterocycles. The Hall–Kier alpha value is -1.69. The van der Waals surface area contributed by atoms with Crippen LogP contribution in [0.5, 0.6) is 0 Å². The van der Waals surface area contributed by atoms with Crippen molar-refractivity contribution in [2.45, 2.75) is 19.8 Å². The first-order valence-corrected chi connectivity index (χ1v) is 8.18. The van der Waals surface area contributed by atoms with E-state index in [9.17, 15) is 4.79 Å². The van der Waals surface area contributed by atoms with Crippen molar-refractivity contribution in [1.29, 1.82) is 0 Å². The molecule has 2 aliphatic rings. The topological polar surface area (TPSA) is 52.6 Å². The van der Waals surface area contributed by atoms with Crippen molar-refractivity contribution in [2.24, 2.45) is 5.92 Å². The Bertz CT molecular complexity index is 502. The number of aromatic nitrogens is 2. The van der Waals surface area contributed by atoms with Gasteiger partial charge in [-0.3, -0.25) is 4.79 Å². The van der Waals surface area contributed by atoms with Gasteiger partial charge in [0.1, 0.15) is 0 Å². The van der Waals surface area contributed by atoms with Crippen molar-refractivity contribution < 1.29 is 4.79 Å². The monoisotopic (exact) mass is 303 g/mol. The van der Waals surface area contributed by atoms with E-state index in [0.29, 0.717) is 5.56 Å². The number of likely N-dealkylation sites (N-methyl/N-ethyl adjacent to an activating group) is 1. The lowest BCUT2D eigenvalue weighted by Gasteiger charge is -2.32. The van der Waals surface area contributed by atoms with Gasteiger partial charge in [-0.15, -0.1) is 0 Å². The lowest BCUT2D eigenvalue weighted by molar-refractivity contribution is 0.0696. The van der Waals surface area contributed by atoms with Crippen LogP contribution >= 0.6 is 0 Å². The summed E-state index contributed by atoms with van der Waals surface area (Å²) in [5.41, 5.74) is 0.604. The van der Waals surface area contributed by atoms with E-state index in [2.05, 4.69) is 33.7 Å². The van der Waals surface area contributed by atoms with Crippen LogP contribution < -0.4 is 4.90 Å². The molecule has 0 unspecified atom stereocenters. The summed E-state index contributed by atoms with van der Waals surface area (Å²) in [7, 11) is 2.12.